The Morgan fingerprint density at radius 3 is 2.50 bits per heavy atom. The number of carbonyl (C=O) groups excluding carboxylic acids is 3. The first-order valence-corrected chi connectivity index (χ1v) is 21.7. The standard InChI is InChI=1S/C42H52N6O11S/c1-23(2)57-29-12-14-32(43-21-29)33-18-26-17-28(56-6)11-13-31(26)37(44-33)59-30-19-34-36(49)46-42(39(51)47-60(54,55)41(5)15-16-41)20-27(42)10-8-7-9-24(3)58-25(4)35(45-40(52)53)38(50)48(34)22-30/h8,10-14,17-18,21,23-25,27,30,34-35,45H,7,9,15-16,19-20,22H2,1-6H3,(H,46,49)(H,47,51)(H,52,53)/b10-8-/t24-,25+,27?,30-,34+,35+,42?/m1/s1. The molecule has 0 radical (unpaired) electrons. The van der Waals surface area contributed by atoms with Crippen LogP contribution >= 0.6 is 0 Å². The number of sulfonamides is 1. The van der Waals surface area contributed by atoms with Gasteiger partial charge in [-0.15, -0.1) is 0 Å². The van der Waals surface area contributed by atoms with E-state index in [-0.39, 0.29) is 31.4 Å². The first kappa shape index (κ1) is 42.6. The second-order valence-corrected chi connectivity index (χ2v) is 18.9. The molecule has 7 rings (SSSR count). The zero-order chi connectivity index (χ0) is 43.1. The molecule has 0 bridgehead atoms. The molecule has 4 N–H and O–H groups in total. The van der Waals surface area contributed by atoms with Gasteiger partial charge in [0.1, 0.15) is 35.2 Å². The van der Waals surface area contributed by atoms with E-state index in [1.807, 2.05) is 32.1 Å². The van der Waals surface area contributed by atoms with Crippen LogP contribution < -0.4 is 29.6 Å². The van der Waals surface area contributed by atoms with E-state index in [9.17, 15) is 32.7 Å². The average molecular weight is 849 g/mol. The number of hydrogen-bond donors (Lipinski definition) is 4. The number of pyridine rings is 2. The second kappa shape index (κ2) is 16.5. The fraction of sp³-hybridized carbons (Fsp3) is 0.524. The molecule has 1 saturated heterocycles. The highest BCUT2D eigenvalue weighted by molar-refractivity contribution is 7.91. The van der Waals surface area contributed by atoms with Crippen LogP contribution in [0.4, 0.5) is 4.79 Å². The molecule has 17 nitrogen and oxygen atoms in total. The zero-order valence-corrected chi connectivity index (χ0v) is 35.3. The number of fused-ring (bicyclic) bond motifs is 3. The molecule has 4 aliphatic rings. The van der Waals surface area contributed by atoms with Crippen LogP contribution in [-0.2, 0) is 29.1 Å². The number of hydrogen-bond acceptors (Lipinski definition) is 12. The number of rotatable bonds is 10. The summed E-state index contributed by atoms with van der Waals surface area (Å²) >= 11 is 0. The summed E-state index contributed by atoms with van der Waals surface area (Å²) < 4.78 is 51.6. The first-order chi connectivity index (χ1) is 28.4. The molecule has 2 aromatic heterocycles. The highest BCUT2D eigenvalue weighted by atomic mass is 32.2. The van der Waals surface area contributed by atoms with Crippen molar-refractivity contribution in [1.82, 2.24) is 30.2 Å². The van der Waals surface area contributed by atoms with E-state index in [4.69, 9.17) is 23.9 Å². The maximum absolute atomic E-state index is 14.6. The van der Waals surface area contributed by atoms with E-state index in [0.717, 1.165) is 0 Å². The maximum atomic E-state index is 14.6. The predicted octanol–water partition coefficient (Wildman–Crippen LogP) is 4.09. The van der Waals surface area contributed by atoms with Crippen molar-refractivity contribution in [2.24, 2.45) is 5.92 Å². The van der Waals surface area contributed by atoms with Crippen molar-refractivity contribution in [3.63, 3.8) is 0 Å². The van der Waals surface area contributed by atoms with Crippen molar-refractivity contribution in [2.75, 3.05) is 13.7 Å². The van der Waals surface area contributed by atoms with Gasteiger partial charge >= 0.3 is 6.09 Å². The molecule has 2 unspecified atom stereocenters. The van der Waals surface area contributed by atoms with Crippen molar-refractivity contribution in [3.05, 3.63) is 54.7 Å². The second-order valence-electron chi connectivity index (χ2n) is 16.7. The Kier molecular flexibility index (Phi) is 11.7. The van der Waals surface area contributed by atoms with Gasteiger partial charge in [0.05, 0.1) is 54.3 Å². The summed E-state index contributed by atoms with van der Waals surface area (Å²) in [7, 11) is -2.50. The van der Waals surface area contributed by atoms with Crippen LogP contribution in [0, 0.1) is 5.92 Å². The summed E-state index contributed by atoms with van der Waals surface area (Å²) in [5, 5.41) is 16.3. The molecule has 3 aromatic rings. The molecule has 7 atom stereocenters. The van der Waals surface area contributed by atoms with Crippen molar-refractivity contribution in [1.29, 1.82) is 0 Å². The minimum Gasteiger partial charge on any atom is -0.497 e. The lowest BCUT2D eigenvalue weighted by Gasteiger charge is -2.32. The topological polar surface area (TPSA) is 225 Å². The lowest BCUT2D eigenvalue weighted by Crippen LogP contribution is -2.60. The molecule has 18 heteroatoms. The Morgan fingerprint density at radius 2 is 1.83 bits per heavy atom. The first-order valence-electron chi connectivity index (χ1n) is 20.2. The third kappa shape index (κ3) is 8.84. The molecular weight excluding hydrogens is 797 g/mol. The minimum absolute atomic E-state index is 0.0507. The van der Waals surface area contributed by atoms with Crippen molar-refractivity contribution < 1.29 is 51.6 Å². The summed E-state index contributed by atoms with van der Waals surface area (Å²) in [5.74, 6) is -1.51. The summed E-state index contributed by atoms with van der Waals surface area (Å²) in [4.78, 5) is 65.8. The van der Waals surface area contributed by atoms with Crippen molar-refractivity contribution in [3.8, 4) is 28.8 Å². The Morgan fingerprint density at radius 1 is 1.08 bits per heavy atom. The van der Waals surface area contributed by atoms with Crippen LogP contribution in [0.1, 0.15) is 73.1 Å². The summed E-state index contributed by atoms with van der Waals surface area (Å²) in [6.07, 6.45) is 3.38. The van der Waals surface area contributed by atoms with Crippen LogP contribution in [0.2, 0.25) is 0 Å². The number of nitrogens with one attached hydrogen (secondary N) is 3. The number of ether oxygens (including phenoxy) is 4. The summed E-state index contributed by atoms with van der Waals surface area (Å²) in [5.41, 5.74) is -0.624. The molecule has 2 aliphatic heterocycles. The van der Waals surface area contributed by atoms with Crippen LogP contribution in [-0.4, -0.2) is 113 Å². The van der Waals surface area contributed by atoms with Gasteiger partial charge in [0, 0.05) is 17.7 Å². The summed E-state index contributed by atoms with van der Waals surface area (Å²) in [6.45, 7) is 8.61. The molecule has 1 aromatic carbocycles. The third-order valence-corrected chi connectivity index (χ3v) is 13.8. The molecule has 4 amide bonds. The lowest BCUT2D eigenvalue weighted by atomic mass is 10.1. The number of nitrogens with zero attached hydrogens (tertiary/aromatic N) is 3. The Balaban J connectivity index is 1.24. The SMILES string of the molecule is COc1ccc2c(O[C@@H]3C[C@H]4C(=O)NC5(C(=O)NS(=O)(=O)C6(C)CC6)CC5/C=C\CC[C@@H](C)O[C@@H](C)[C@H](NC(=O)O)C(=O)N4C3)nc(-c3ccc(OC(C)C)cn3)cc2c1. The maximum Gasteiger partial charge on any atom is 0.405 e. The number of carboxylic acid groups (broad SMARTS) is 1. The normalized spacial score (nSPS) is 28.3. The molecule has 4 heterocycles. The number of benzene rings is 1. The summed E-state index contributed by atoms with van der Waals surface area (Å²) in [6, 6.07) is 8.06. The van der Waals surface area contributed by atoms with Gasteiger partial charge in [-0.2, -0.15) is 0 Å². The molecule has 60 heavy (non-hydrogen) atoms. The highest BCUT2D eigenvalue weighted by Gasteiger charge is 2.63. The largest absolute Gasteiger partial charge is 0.497 e. The van der Waals surface area contributed by atoms with E-state index >= 15 is 0 Å². The van der Waals surface area contributed by atoms with Gasteiger partial charge in [-0.3, -0.25) is 24.1 Å². The Labute approximate surface area is 348 Å². The molecule has 2 saturated carbocycles. The van der Waals surface area contributed by atoms with Crippen LogP contribution in [0.5, 0.6) is 17.4 Å². The zero-order valence-electron chi connectivity index (χ0n) is 34.5. The van der Waals surface area contributed by atoms with E-state index in [1.165, 1.54) is 4.90 Å². The van der Waals surface area contributed by atoms with Gasteiger partial charge < -0.3 is 39.6 Å². The fourth-order valence-corrected chi connectivity index (χ4v) is 9.13. The van der Waals surface area contributed by atoms with E-state index in [1.54, 1.807) is 64.4 Å². The van der Waals surface area contributed by atoms with Gasteiger partial charge in [-0.1, -0.05) is 12.2 Å². The number of methoxy groups -OCH3 is 1. The quantitative estimate of drug-likeness (QED) is 0.211. The molecular formula is C42H52N6O11S. The fourth-order valence-electron chi connectivity index (χ4n) is 7.82. The van der Waals surface area contributed by atoms with Gasteiger partial charge in [-0.05, 0) is 109 Å². The van der Waals surface area contributed by atoms with Crippen molar-refractivity contribution >= 4 is 44.6 Å². The average Bonchev–Trinajstić information content (AvgIpc) is 4.08. The number of aromatic nitrogens is 2. The van der Waals surface area contributed by atoms with Crippen LogP contribution in [0.3, 0.4) is 0 Å². The van der Waals surface area contributed by atoms with Crippen molar-refractivity contribution in [2.45, 2.75) is 120 Å². The predicted molar refractivity (Wildman–Crippen MR) is 219 cm³/mol. The van der Waals surface area contributed by atoms with Gasteiger partial charge in [-0.25, -0.2) is 18.2 Å². The highest BCUT2D eigenvalue weighted by Crippen LogP contribution is 2.47. The monoisotopic (exact) mass is 848 g/mol. The lowest BCUT2D eigenvalue weighted by molar-refractivity contribution is -0.144. The van der Waals surface area contributed by atoms with Gasteiger partial charge in [0.15, 0.2) is 0 Å². The Hall–Kier alpha value is -5.49. The molecule has 3 fully saturated rings. The number of carbonyl (C=O) groups is 4. The van der Waals surface area contributed by atoms with E-state index < -0.39 is 80.4 Å². The molecule has 2 aliphatic carbocycles. The Bertz CT molecular complexity index is 2300. The van der Waals surface area contributed by atoms with E-state index in [2.05, 4.69) is 20.3 Å². The third-order valence-electron chi connectivity index (χ3n) is 11.7. The van der Waals surface area contributed by atoms with Gasteiger partial charge in [0.2, 0.25) is 27.7 Å². The van der Waals surface area contributed by atoms with E-state index in [0.29, 0.717) is 59.3 Å². The van der Waals surface area contributed by atoms with Gasteiger partial charge in [0.25, 0.3) is 5.91 Å². The van der Waals surface area contributed by atoms with Crippen LogP contribution in [0.25, 0.3) is 22.2 Å². The smallest absolute Gasteiger partial charge is 0.405 e. The molecule has 0 spiro atoms. The molecule has 322 valence electrons. The number of amides is 4. The number of allylic oxidation sites excluding steroid dienone is 1. The van der Waals surface area contributed by atoms with Crippen LogP contribution in [0.15, 0.2) is 54.7 Å². The minimum atomic E-state index is -4.05.